The van der Waals surface area contributed by atoms with Gasteiger partial charge in [-0.25, -0.2) is 0 Å². The highest BCUT2D eigenvalue weighted by Gasteiger charge is 2.62. The van der Waals surface area contributed by atoms with Crippen LogP contribution in [0.15, 0.2) is 6.07 Å². The fourth-order valence-corrected chi connectivity index (χ4v) is 4.66. The fourth-order valence-electron chi connectivity index (χ4n) is 3.04. The van der Waals surface area contributed by atoms with Crippen LogP contribution in [-0.2, 0) is 18.3 Å². The number of aliphatic hydroxyl groups excluding tert-OH is 1. The van der Waals surface area contributed by atoms with Crippen molar-refractivity contribution in [2.24, 2.45) is 5.41 Å². The van der Waals surface area contributed by atoms with Crippen molar-refractivity contribution in [3.8, 4) is 0 Å². The molecule has 1 heterocycles. The summed E-state index contributed by atoms with van der Waals surface area (Å²) < 4.78 is 0. The number of thiophene rings is 1. The zero-order chi connectivity index (χ0) is 10.7. The summed E-state index contributed by atoms with van der Waals surface area (Å²) in [6, 6.07) is 2.37. The molecule has 2 heteroatoms. The van der Waals surface area contributed by atoms with Gasteiger partial charge in [-0.05, 0) is 42.7 Å². The summed E-state index contributed by atoms with van der Waals surface area (Å²) in [7, 11) is 0. The van der Waals surface area contributed by atoms with Crippen molar-refractivity contribution in [3.63, 3.8) is 0 Å². The molecule has 15 heavy (non-hydrogen) atoms. The molecular weight excluding hydrogens is 204 g/mol. The minimum atomic E-state index is 0.0992. The first-order valence-electron chi connectivity index (χ1n) is 5.82. The Morgan fingerprint density at radius 1 is 1.40 bits per heavy atom. The van der Waals surface area contributed by atoms with Gasteiger partial charge in [0, 0.05) is 15.2 Å². The molecule has 1 fully saturated rings. The molecule has 1 aromatic rings. The zero-order valence-electron chi connectivity index (χ0n) is 9.47. The van der Waals surface area contributed by atoms with Crippen molar-refractivity contribution < 1.29 is 5.11 Å². The standard InChI is InChI=1S/C13H18OS/c1-12(2)7-13(12,8-14)11-6-9-4-3-5-10(9)15-11/h6,14H,3-5,7-8H2,1-2H3. The van der Waals surface area contributed by atoms with E-state index in [-0.39, 0.29) is 5.41 Å². The molecule has 0 aromatic carbocycles. The number of hydrogen-bond acceptors (Lipinski definition) is 2. The van der Waals surface area contributed by atoms with E-state index in [1.165, 1.54) is 24.1 Å². The largest absolute Gasteiger partial charge is 0.395 e. The SMILES string of the molecule is CC1(C)CC1(CO)c1cc2c(s1)CCC2. The average molecular weight is 222 g/mol. The van der Waals surface area contributed by atoms with Crippen molar-refractivity contribution >= 4 is 11.3 Å². The Morgan fingerprint density at radius 2 is 2.13 bits per heavy atom. The van der Waals surface area contributed by atoms with Crippen molar-refractivity contribution in [2.45, 2.75) is 44.9 Å². The maximum Gasteiger partial charge on any atom is 0.0541 e. The summed E-state index contributed by atoms with van der Waals surface area (Å²) >= 11 is 1.96. The maximum atomic E-state index is 9.64. The first-order valence-corrected chi connectivity index (χ1v) is 6.64. The topological polar surface area (TPSA) is 20.2 Å². The van der Waals surface area contributed by atoms with Crippen LogP contribution in [-0.4, -0.2) is 11.7 Å². The van der Waals surface area contributed by atoms with Crippen LogP contribution in [0.3, 0.4) is 0 Å². The molecule has 2 aliphatic carbocycles. The van der Waals surface area contributed by atoms with Crippen LogP contribution in [0.2, 0.25) is 0 Å². The van der Waals surface area contributed by atoms with Crippen LogP contribution >= 0.6 is 11.3 Å². The lowest BCUT2D eigenvalue weighted by atomic mass is 9.94. The third-order valence-corrected chi connectivity index (χ3v) is 5.84. The van der Waals surface area contributed by atoms with Gasteiger partial charge in [0.1, 0.15) is 0 Å². The number of rotatable bonds is 2. The molecular formula is C13H18OS. The first-order chi connectivity index (χ1) is 7.09. The van der Waals surface area contributed by atoms with Crippen LogP contribution in [0.4, 0.5) is 0 Å². The monoisotopic (exact) mass is 222 g/mol. The highest BCUT2D eigenvalue weighted by Crippen LogP contribution is 2.65. The summed E-state index contributed by atoms with van der Waals surface area (Å²) in [6.45, 7) is 4.86. The molecule has 3 rings (SSSR count). The molecule has 1 unspecified atom stereocenters. The van der Waals surface area contributed by atoms with Crippen molar-refractivity contribution in [1.82, 2.24) is 0 Å². The van der Waals surface area contributed by atoms with Crippen molar-refractivity contribution in [1.29, 1.82) is 0 Å². The highest BCUT2D eigenvalue weighted by molar-refractivity contribution is 7.12. The van der Waals surface area contributed by atoms with Gasteiger partial charge in [-0.2, -0.15) is 0 Å². The highest BCUT2D eigenvalue weighted by atomic mass is 32.1. The minimum absolute atomic E-state index is 0.0992. The van der Waals surface area contributed by atoms with E-state index in [2.05, 4.69) is 19.9 Å². The molecule has 2 aliphatic rings. The fraction of sp³-hybridized carbons (Fsp3) is 0.692. The van der Waals surface area contributed by atoms with Gasteiger partial charge in [0.25, 0.3) is 0 Å². The quantitative estimate of drug-likeness (QED) is 0.815. The molecule has 1 aromatic heterocycles. The maximum absolute atomic E-state index is 9.64. The molecule has 0 aliphatic heterocycles. The van der Waals surface area contributed by atoms with E-state index >= 15 is 0 Å². The van der Waals surface area contributed by atoms with Gasteiger partial charge in [-0.3, -0.25) is 0 Å². The second-order valence-corrected chi connectivity index (χ2v) is 6.85. The Labute approximate surface area is 95.1 Å². The van der Waals surface area contributed by atoms with Gasteiger partial charge in [0.05, 0.1) is 6.61 Å². The van der Waals surface area contributed by atoms with Crippen molar-refractivity contribution in [3.05, 3.63) is 21.4 Å². The summed E-state index contributed by atoms with van der Waals surface area (Å²) in [5.41, 5.74) is 1.97. The number of aliphatic hydroxyl groups is 1. The molecule has 1 N–H and O–H groups in total. The van der Waals surface area contributed by atoms with Crippen LogP contribution in [0.1, 0.15) is 42.0 Å². The van der Waals surface area contributed by atoms with Gasteiger partial charge >= 0.3 is 0 Å². The minimum Gasteiger partial charge on any atom is -0.395 e. The molecule has 0 amide bonds. The third-order valence-electron chi connectivity index (χ3n) is 4.40. The van der Waals surface area contributed by atoms with Crippen LogP contribution in [0, 0.1) is 5.41 Å². The Kier molecular flexibility index (Phi) is 1.88. The number of hydrogen-bond donors (Lipinski definition) is 1. The normalized spacial score (nSPS) is 31.7. The lowest BCUT2D eigenvalue weighted by molar-refractivity contribution is 0.233. The summed E-state index contributed by atoms with van der Waals surface area (Å²) in [5, 5.41) is 9.64. The van der Waals surface area contributed by atoms with Gasteiger partial charge in [-0.15, -0.1) is 11.3 Å². The van der Waals surface area contributed by atoms with E-state index in [9.17, 15) is 5.11 Å². The number of aryl methyl sites for hydroxylation is 2. The predicted molar refractivity (Wildman–Crippen MR) is 63.5 cm³/mol. The smallest absolute Gasteiger partial charge is 0.0541 e. The Morgan fingerprint density at radius 3 is 2.67 bits per heavy atom. The van der Waals surface area contributed by atoms with E-state index in [0.29, 0.717) is 12.0 Å². The zero-order valence-corrected chi connectivity index (χ0v) is 10.3. The molecule has 1 atom stereocenters. The van der Waals surface area contributed by atoms with E-state index in [4.69, 9.17) is 0 Å². The predicted octanol–water partition coefficient (Wildman–Crippen LogP) is 2.90. The lowest BCUT2D eigenvalue weighted by Gasteiger charge is -2.15. The van der Waals surface area contributed by atoms with Gasteiger partial charge < -0.3 is 5.11 Å². The van der Waals surface area contributed by atoms with Crippen LogP contribution in [0.25, 0.3) is 0 Å². The van der Waals surface area contributed by atoms with Crippen LogP contribution < -0.4 is 0 Å². The average Bonchev–Trinajstić information content (AvgIpc) is 2.58. The van der Waals surface area contributed by atoms with Gasteiger partial charge in [0.15, 0.2) is 0 Å². The van der Waals surface area contributed by atoms with E-state index < -0.39 is 0 Å². The summed E-state index contributed by atoms with van der Waals surface area (Å²) in [4.78, 5) is 3.03. The molecule has 1 nitrogen and oxygen atoms in total. The molecule has 0 saturated heterocycles. The Balaban J connectivity index is 2.00. The third kappa shape index (κ3) is 1.18. The lowest BCUT2D eigenvalue weighted by Crippen LogP contribution is -2.17. The Hall–Kier alpha value is -0.340. The summed E-state index contributed by atoms with van der Waals surface area (Å²) in [6.07, 6.45) is 5.00. The Bertz CT molecular complexity index is 383. The second-order valence-electron chi connectivity index (χ2n) is 5.71. The molecule has 0 spiro atoms. The molecule has 0 radical (unpaired) electrons. The van der Waals surface area contributed by atoms with Gasteiger partial charge in [0.2, 0.25) is 0 Å². The second kappa shape index (κ2) is 2.86. The molecule has 0 bridgehead atoms. The molecule has 82 valence electrons. The number of fused-ring (bicyclic) bond motifs is 1. The van der Waals surface area contributed by atoms with Crippen molar-refractivity contribution in [2.75, 3.05) is 6.61 Å². The van der Waals surface area contributed by atoms with E-state index in [1.54, 1.807) is 10.4 Å². The molecule has 1 saturated carbocycles. The van der Waals surface area contributed by atoms with Gasteiger partial charge in [-0.1, -0.05) is 13.8 Å². The van der Waals surface area contributed by atoms with E-state index in [1.807, 2.05) is 11.3 Å². The van der Waals surface area contributed by atoms with E-state index in [0.717, 1.165) is 6.42 Å². The van der Waals surface area contributed by atoms with Crippen LogP contribution in [0.5, 0.6) is 0 Å². The first kappa shape index (κ1) is 9.86. The summed E-state index contributed by atoms with van der Waals surface area (Å²) in [5.74, 6) is 0.